The van der Waals surface area contributed by atoms with Crippen LogP contribution in [-0.4, -0.2) is 42.9 Å². The third-order valence-electron chi connectivity index (χ3n) is 4.24. The van der Waals surface area contributed by atoms with E-state index >= 15 is 0 Å². The molecule has 1 atom stereocenters. The normalized spacial score (nSPS) is 18.7. The second-order valence-corrected chi connectivity index (χ2v) is 7.58. The van der Waals surface area contributed by atoms with Gasteiger partial charge in [0, 0.05) is 17.3 Å². The minimum atomic E-state index is -0.0372. The van der Waals surface area contributed by atoms with Crippen molar-refractivity contribution in [2.24, 2.45) is 0 Å². The zero-order valence-corrected chi connectivity index (χ0v) is 15.6. The van der Waals surface area contributed by atoms with Crippen LogP contribution in [0.15, 0.2) is 42.5 Å². The lowest BCUT2D eigenvalue weighted by Crippen LogP contribution is -2.34. The summed E-state index contributed by atoms with van der Waals surface area (Å²) in [7, 11) is 0. The average Bonchev–Trinajstić information content (AvgIpc) is 3.17. The van der Waals surface area contributed by atoms with Crippen molar-refractivity contribution in [3.05, 3.63) is 53.1 Å². The molecule has 1 saturated heterocycles. The van der Waals surface area contributed by atoms with Crippen molar-refractivity contribution >= 4 is 29.3 Å². The van der Waals surface area contributed by atoms with Crippen molar-refractivity contribution < 1.29 is 19.0 Å². The first-order valence-electron chi connectivity index (χ1n) is 8.40. The Bertz CT molecular complexity index is 799. The van der Waals surface area contributed by atoms with Crippen LogP contribution in [-0.2, 0) is 4.79 Å². The number of nitrogens with zero attached hydrogens (tertiary/aromatic N) is 1. The molecule has 2 aromatic carbocycles. The van der Waals surface area contributed by atoms with Gasteiger partial charge in [0.1, 0.15) is 24.3 Å². The monoisotopic (exact) mass is 391 g/mol. The molecule has 26 heavy (non-hydrogen) atoms. The number of hydrogen-bond acceptors (Lipinski definition) is 5. The molecular formula is C19H18ClNO4S. The molecule has 0 bridgehead atoms. The highest BCUT2D eigenvalue weighted by molar-refractivity contribution is 7.99. The van der Waals surface area contributed by atoms with Gasteiger partial charge in [0.05, 0.1) is 0 Å². The minimum absolute atomic E-state index is 0.00322. The Labute approximate surface area is 161 Å². The summed E-state index contributed by atoms with van der Waals surface area (Å²) in [4.78, 5) is 14.5. The Morgan fingerprint density at radius 1 is 1.15 bits per heavy atom. The van der Waals surface area contributed by atoms with Gasteiger partial charge in [-0.1, -0.05) is 17.7 Å². The van der Waals surface area contributed by atoms with Crippen LogP contribution in [0.3, 0.4) is 0 Å². The second-order valence-electron chi connectivity index (χ2n) is 5.96. The quantitative estimate of drug-likeness (QED) is 0.794. The molecule has 2 aromatic rings. The van der Waals surface area contributed by atoms with E-state index in [0.29, 0.717) is 30.5 Å². The second kappa shape index (κ2) is 7.68. The molecule has 2 aliphatic rings. The van der Waals surface area contributed by atoms with Gasteiger partial charge in [0.25, 0.3) is 5.91 Å². The molecule has 0 saturated carbocycles. The summed E-state index contributed by atoms with van der Waals surface area (Å²) >= 11 is 7.60. The third kappa shape index (κ3) is 3.71. The van der Waals surface area contributed by atoms with Gasteiger partial charge in [0.15, 0.2) is 18.1 Å². The van der Waals surface area contributed by atoms with Crippen LogP contribution in [0.25, 0.3) is 0 Å². The largest absolute Gasteiger partial charge is 0.486 e. The van der Waals surface area contributed by atoms with Crippen molar-refractivity contribution in [2.75, 3.05) is 32.1 Å². The van der Waals surface area contributed by atoms with Gasteiger partial charge in [-0.3, -0.25) is 4.79 Å². The molecule has 136 valence electrons. The number of hydrogen-bond donors (Lipinski definition) is 0. The Hall–Kier alpha value is -2.05. The number of carbonyl (C=O) groups excluding carboxylic acids is 1. The number of carbonyl (C=O) groups is 1. The standard InChI is InChI=1S/C19H18ClNO4S/c20-14-2-4-15(5-3-14)25-12-18(22)21-7-10-26-19(21)13-1-6-16-17(11-13)24-9-8-23-16/h1-6,11,19H,7-10,12H2. The highest BCUT2D eigenvalue weighted by Gasteiger charge is 2.31. The van der Waals surface area contributed by atoms with Gasteiger partial charge in [-0.05, 0) is 42.0 Å². The highest BCUT2D eigenvalue weighted by atomic mass is 35.5. The van der Waals surface area contributed by atoms with Crippen LogP contribution < -0.4 is 14.2 Å². The summed E-state index contributed by atoms with van der Waals surface area (Å²) in [6, 6.07) is 12.9. The number of fused-ring (bicyclic) bond motifs is 1. The summed E-state index contributed by atoms with van der Waals surface area (Å²) in [5.74, 6) is 2.99. The fraction of sp³-hybridized carbons (Fsp3) is 0.316. The summed E-state index contributed by atoms with van der Waals surface area (Å²) < 4.78 is 16.8. The molecule has 1 fully saturated rings. The van der Waals surface area contributed by atoms with Crippen LogP contribution in [0, 0.1) is 0 Å². The molecule has 0 N–H and O–H groups in total. The van der Waals surface area contributed by atoms with Crippen LogP contribution in [0.1, 0.15) is 10.9 Å². The lowest BCUT2D eigenvalue weighted by molar-refractivity contribution is -0.133. The maximum absolute atomic E-state index is 12.7. The van der Waals surface area contributed by atoms with Gasteiger partial charge in [-0.25, -0.2) is 0 Å². The van der Waals surface area contributed by atoms with Gasteiger partial charge >= 0.3 is 0 Å². The number of benzene rings is 2. The first-order valence-corrected chi connectivity index (χ1v) is 9.82. The zero-order chi connectivity index (χ0) is 17.9. The number of halogens is 1. The van der Waals surface area contributed by atoms with Crippen molar-refractivity contribution in [3.8, 4) is 17.2 Å². The maximum atomic E-state index is 12.7. The van der Waals surface area contributed by atoms with Crippen LogP contribution in [0.2, 0.25) is 5.02 Å². The smallest absolute Gasteiger partial charge is 0.261 e. The fourth-order valence-electron chi connectivity index (χ4n) is 2.97. The summed E-state index contributed by atoms with van der Waals surface area (Å²) in [5, 5.41) is 0.602. The van der Waals surface area contributed by atoms with Crippen molar-refractivity contribution in [1.29, 1.82) is 0 Å². The lowest BCUT2D eigenvalue weighted by atomic mass is 10.1. The zero-order valence-electron chi connectivity index (χ0n) is 14.0. The predicted molar refractivity (Wildman–Crippen MR) is 101 cm³/mol. The van der Waals surface area contributed by atoms with E-state index in [-0.39, 0.29) is 17.9 Å². The lowest BCUT2D eigenvalue weighted by Gasteiger charge is -2.26. The topological polar surface area (TPSA) is 48.0 Å². The molecule has 5 nitrogen and oxygen atoms in total. The summed E-state index contributed by atoms with van der Waals surface area (Å²) in [5.41, 5.74) is 1.04. The summed E-state index contributed by atoms with van der Waals surface area (Å²) in [6.07, 6.45) is 0. The van der Waals surface area contributed by atoms with E-state index in [1.54, 1.807) is 36.0 Å². The van der Waals surface area contributed by atoms with Gasteiger partial charge in [0.2, 0.25) is 0 Å². The summed E-state index contributed by atoms with van der Waals surface area (Å²) in [6.45, 7) is 1.82. The van der Waals surface area contributed by atoms with Crippen LogP contribution in [0.5, 0.6) is 17.2 Å². The molecule has 0 aromatic heterocycles. The molecule has 0 spiro atoms. The molecular weight excluding hydrogens is 374 g/mol. The highest BCUT2D eigenvalue weighted by Crippen LogP contribution is 2.41. The van der Waals surface area contributed by atoms with Gasteiger partial charge in [-0.15, -0.1) is 11.8 Å². The van der Waals surface area contributed by atoms with E-state index in [1.165, 1.54) is 0 Å². The van der Waals surface area contributed by atoms with Crippen LogP contribution >= 0.6 is 23.4 Å². The predicted octanol–water partition coefficient (Wildman–Crippen LogP) is 3.76. The molecule has 7 heteroatoms. The first-order chi connectivity index (χ1) is 12.7. The molecule has 2 heterocycles. The van der Waals surface area contributed by atoms with E-state index in [0.717, 1.165) is 22.8 Å². The van der Waals surface area contributed by atoms with E-state index < -0.39 is 0 Å². The Balaban J connectivity index is 1.44. The Morgan fingerprint density at radius 2 is 1.92 bits per heavy atom. The van der Waals surface area contributed by atoms with Gasteiger partial charge in [-0.2, -0.15) is 0 Å². The molecule has 4 rings (SSSR count). The average molecular weight is 392 g/mol. The molecule has 1 unspecified atom stereocenters. The number of thioether (sulfide) groups is 1. The first kappa shape index (κ1) is 17.4. The van der Waals surface area contributed by atoms with E-state index in [1.807, 2.05) is 23.1 Å². The van der Waals surface area contributed by atoms with Crippen molar-refractivity contribution in [3.63, 3.8) is 0 Å². The third-order valence-corrected chi connectivity index (χ3v) is 5.75. The number of amides is 1. The maximum Gasteiger partial charge on any atom is 0.261 e. The van der Waals surface area contributed by atoms with E-state index in [4.69, 9.17) is 25.8 Å². The molecule has 2 aliphatic heterocycles. The van der Waals surface area contributed by atoms with Crippen LogP contribution in [0.4, 0.5) is 0 Å². The number of ether oxygens (including phenoxy) is 3. The Kier molecular flexibility index (Phi) is 5.13. The number of rotatable bonds is 4. The van der Waals surface area contributed by atoms with Crippen molar-refractivity contribution in [2.45, 2.75) is 5.37 Å². The fourth-order valence-corrected chi connectivity index (χ4v) is 4.37. The SMILES string of the molecule is O=C(COc1ccc(Cl)cc1)N1CCSC1c1ccc2c(c1)OCCO2. The molecule has 0 aliphatic carbocycles. The van der Waals surface area contributed by atoms with E-state index in [2.05, 4.69) is 0 Å². The Morgan fingerprint density at radius 3 is 2.73 bits per heavy atom. The van der Waals surface area contributed by atoms with Crippen molar-refractivity contribution in [1.82, 2.24) is 4.90 Å². The molecule has 1 amide bonds. The van der Waals surface area contributed by atoms with Gasteiger partial charge < -0.3 is 19.1 Å². The van der Waals surface area contributed by atoms with E-state index in [9.17, 15) is 4.79 Å². The molecule has 0 radical (unpaired) electrons. The minimum Gasteiger partial charge on any atom is -0.486 e.